The molecule has 1 aromatic carbocycles. The van der Waals surface area contributed by atoms with E-state index in [0.29, 0.717) is 5.41 Å². The highest BCUT2D eigenvalue weighted by Gasteiger charge is 2.37. The van der Waals surface area contributed by atoms with Gasteiger partial charge >= 0.3 is 0 Å². The van der Waals surface area contributed by atoms with Crippen LogP contribution in [0.1, 0.15) is 75.5 Å². The normalized spacial score (nSPS) is 16.0. The van der Waals surface area contributed by atoms with Crippen LogP contribution in [-0.2, 0) is 18.3 Å². The van der Waals surface area contributed by atoms with Gasteiger partial charge in [0.1, 0.15) is 0 Å². The van der Waals surface area contributed by atoms with Gasteiger partial charge < -0.3 is 11.5 Å². The average Bonchev–Trinajstić information content (AvgIpc) is 2.86. The highest BCUT2D eigenvalue weighted by Crippen LogP contribution is 2.46. The van der Waals surface area contributed by atoms with Crippen molar-refractivity contribution in [1.82, 2.24) is 0 Å². The van der Waals surface area contributed by atoms with Gasteiger partial charge in [0.05, 0.1) is 0 Å². The molecule has 4 N–H and O–H groups in total. The SMILES string of the molecule is CC(C)Cc1ccc2c(c1)C(CCCCN)(CCCCN)CC2. The topological polar surface area (TPSA) is 52.0 Å². The molecule has 1 aliphatic carbocycles. The number of hydrogen-bond acceptors (Lipinski definition) is 2. The second-order valence-electron chi connectivity index (χ2n) is 7.86. The van der Waals surface area contributed by atoms with Gasteiger partial charge in [0.2, 0.25) is 0 Å². The smallest absolute Gasteiger partial charge is 0.00410 e. The summed E-state index contributed by atoms with van der Waals surface area (Å²) < 4.78 is 0. The van der Waals surface area contributed by atoms with Gasteiger partial charge in [0.15, 0.2) is 0 Å². The van der Waals surface area contributed by atoms with E-state index >= 15 is 0 Å². The highest BCUT2D eigenvalue weighted by molar-refractivity contribution is 5.42. The molecule has 0 aromatic heterocycles. The maximum absolute atomic E-state index is 5.74. The fourth-order valence-electron chi connectivity index (χ4n) is 4.30. The average molecular weight is 317 g/mol. The van der Waals surface area contributed by atoms with Crippen molar-refractivity contribution in [3.63, 3.8) is 0 Å². The molecule has 23 heavy (non-hydrogen) atoms. The first kappa shape index (κ1) is 18.5. The van der Waals surface area contributed by atoms with Gasteiger partial charge in [-0.25, -0.2) is 0 Å². The number of hydrogen-bond donors (Lipinski definition) is 2. The second-order valence-corrected chi connectivity index (χ2v) is 7.86. The Morgan fingerprint density at radius 3 is 2.22 bits per heavy atom. The van der Waals surface area contributed by atoms with E-state index in [1.807, 2.05) is 0 Å². The fourth-order valence-corrected chi connectivity index (χ4v) is 4.30. The molecule has 0 amide bonds. The fraction of sp³-hybridized carbons (Fsp3) is 0.714. The summed E-state index contributed by atoms with van der Waals surface area (Å²) in [5, 5.41) is 0. The van der Waals surface area contributed by atoms with Crippen LogP contribution in [0.4, 0.5) is 0 Å². The first-order chi connectivity index (χ1) is 11.1. The van der Waals surface area contributed by atoms with Gasteiger partial charge in [-0.3, -0.25) is 0 Å². The number of fused-ring (bicyclic) bond motifs is 1. The zero-order valence-corrected chi connectivity index (χ0v) is 15.2. The van der Waals surface area contributed by atoms with Crippen molar-refractivity contribution < 1.29 is 0 Å². The van der Waals surface area contributed by atoms with Crippen molar-refractivity contribution in [3.05, 3.63) is 34.9 Å². The van der Waals surface area contributed by atoms with Gasteiger partial charge in [-0.2, -0.15) is 0 Å². The molecule has 1 aromatic rings. The lowest BCUT2D eigenvalue weighted by Gasteiger charge is -2.31. The summed E-state index contributed by atoms with van der Waals surface area (Å²) in [5.41, 5.74) is 16.6. The van der Waals surface area contributed by atoms with Gasteiger partial charge in [-0.15, -0.1) is 0 Å². The number of unbranched alkanes of at least 4 members (excludes halogenated alkanes) is 2. The number of aryl methyl sites for hydroxylation is 1. The number of rotatable bonds is 10. The molecular formula is C21H36N2. The Balaban J connectivity index is 2.22. The Morgan fingerprint density at radius 2 is 1.65 bits per heavy atom. The van der Waals surface area contributed by atoms with E-state index in [4.69, 9.17) is 11.5 Å². The van der Waals surface area contributed by atoms with Crippen molar-refractivity contribution in [2.24, 2.45) is 17.4 Å². The minimum absolute atomic E-state index is 0.395. The van der Waals surface area contributed by atoms with Crippen LogP contribution in [0, 0.1) is 5.92 Å². The standard InChI is InChI=1S/C21H36N2/c1-17(2)15-18-7-8-19-9-12-21(20(19)16-18,10-3-5-13-22)11-4-6-14-23/h7-8,16-17H,3-6,9-15,22-23H2,1-2H3. The number of nitrogens with two attached hydrogens (primary N) is 2. The number of benzene rings is 1. The third kappa shape index (κ3) is 4.81. The van der Waals surface area contributed by atoms with E-state index < -0.39 is 0 Å². The monoisotopic (exact) mass is 316 g/mol. The highest BCUT2D eigenvalue weighted by atomic mass is 14.5. The molecule has 2 heteroatoms. The van der Waals surface area contributed by atoms with Crippen LogP contribution in [0.2, 0.25) is 0 Å². The molecule has 0 fully saturated rings. The van der Waals surface area contributed by atoms with Crippen LogP contribution < -0.4 is 11.5 Å². The molecule has 0 unspecified atom stereocenters. The Bertz CT molecular complexity index is 469. The molecule has 0 aliphatic heterocycles. The minimum atomic E-state index is 0.395. The van der Waals surface area contributed by atoms with Gasteiger partial charge in [-0.05, 0) is 86.1 Å². The van der Waals surface area contributed by atoms with E-state index in [2.05, 4.69) is 32.0 Å². The van der Waals surface area contributed by atoms with E-state index in [-0.39, 0.29) is 0 Å². The zero-order valence-electron chi connectivity index (χ0n) is 15.2. The maximum atomic E-state index is 5.74. The molecule has 0 spiro atoms. The van der Waals surface area contributed by atoms with E-state index in [1.54, 1.807) is 11.1 Å². The Labute approximate surface area is 143 Å². The van der Waals surface area contributed by atoms with E-state index in [9.17, 15) is 0 Å². The molecule has 1 aliphatic rings. The van der Waals surface area contributed by atoms with Crippen molar-refractivity contribution >= 4 is 0 Å². The van der Waals surface area contributed by atoms with Gasteiger partial charge in [0, 0.05) is 0 Å². The molecule has 0 radical (unpaired) electrons. The second kappa shape index (κ2) is 8.84. The van der Waals surface area contributed by atoms with Crippen LogP contribution in [0.15, 0.2) is 18.2 Å². The summed E-state index contributed by atoms with van der Waals surface area (Å²) in [4.78, 5) is 0. The largest absolute Gasteiger partial charge is 0.330 e. The predicted octanol–water partition coefficient (Wildman–Crippen LogP) is 4.33. The molecule has 0 atom stereocenters. The summed E-state index contributed by atoms with van der Waals surface area (Å²) in [6, 6.07) is 7.29. The van der Waals surface area contributed by atoms with Crippen molar-refractivity contribution in [2.45, 2.75) is 77.0 Å². The molecule has 0 heterocycles. The summed E-state index contributed by atoms with van der Waals surface area (Å²) in [5.74, 6) is 0.721. The van der Waals surface area contributed by atoms with Crippen molar-refractivity contribution in [3.8, 4) is 0 Å². The molecule has 0 bridgehead atoms. The Morgan fingerprint density at radius 1 is 1.00 bits per heavy atom. The third-order valence-corrected chi connectivity index (χ3v) is 5.48. The van der Waals surface area contributed by atoms with E-state index in [1.165, 1.54) is 50.5 Å². The Kier molecular flexibility index (Phi) is 7.10. The van der Waals surface area contributed by atoms with Crippen LogP contribution in [-0.4, -0.2) is 13.1 Å². The quantitative estimate of drug-likeness (QED) is 0.631. The van der Waals surface area contributed by atoms with Gasteiger partial charge in [0.25, 0.3) is 0 Å². The molecule has 2 nitrogen and oxygen atoms in total. The lowest BCUT2D eigenvalue weighted by molar-refractivity contribution is 0.337. The molecule has 0 saturated heterocycles. The van der Waals surface area contributed by atoms with E-state index in [0.717, 1.165) is 31.8 Å². The first-order valence-electron chi connectivity index (χ1n) is 9.64. The van der Waals surface area contributed by atoms with Crippen molar-refractivity contribution in [1.29, 1.82) is 0 Å². The Hall–Kier alpha value is -0.860. The van der Waals surface area contributed by atoms with Gasteiger partial charge in [-0.1, -0.05) is 44.9 Å². The summed E-state index contributed by atoms with van der Waals surface area (Å²) in [6.07, 6.45) is 11.2. The van der Waals surface area contributed by atoms with Crippen molar-refractivity contribution in [2.75, 3.05) is 13.1 Å². The van der Waals surface area contributed by atoms with Crippen LogP contribution in [0.25, 0.3) is 0 Å². The summed E-state index contributed by atoms with van der Waals surface area (Å²) >= 11 is 0. The predicted molar refractivity (Wildman–Crippen MR) is 101 cm³/mol. The minimum Gasteiger partial charge on any atom is -0.330 e. The molecular weight excluding hydrogens is 280 g/mol. The summed E-state index contributed by atoms with van der Waals surface area (Å²) in [6.45, 7) is 6.25. The maximum Gasteiger partial charge on any atom is -0.00410 e. The lowest BCUT2D eigenvalue weighted by atomic mass is 9.73. The lowest BCUT2D eigenvalue weighted by Crippen LogP contribution is -2.24. The molecule has 130 valence electrons. The van der Waals surface area contributed by atoms with Crippen LogP contribution >= 0.6 is 0 Å². The molecule has 2 rings (SSSR count). The van der Waals surface area contributed by atoms with Crippen LogP contribution in [0.3, 0.4) is 0 Å². The van der Waals surface area contributed by atoms with Crippen LogP contribution in [0.5, 0.6) is 0 Å². The molecule has 0 saturated carbocycles. The summed E-state index contributed by atoms with van der Waals surface area (Å²) in [7, 11) is 0. The third-order valence-electron chi connectivity index (χ3n) is 5.48. The zero-order chi connectivity index (χ0) is 16.7. The first-order valence-corrected chi connectivity index (χ1v) is 9.64.